The smallest absolute Gasteiger partial charge is 0.404 e. The lowest BCUT2D eigenvalue weighted by Crippen LogP contribution is -2.35. The normalized spacial score (nSPS) is 23.3. The first kappa shape index (κ1) is 17.7. The van der Waals surface area contributed by atoms with Gasteiger partial charge in [-0.05, 0) is 48.0 Å². The van der Waals surface area contributed by atoms with Gasteiger partial charge in [-0.15, -0.1) is 0 Å². The van der Waals surface area contributed by atoms with Gasteiger partial charge in [-0.1, -0.05) is 36.4 Å². The number of ether oxygens (including phenoxy) is 2. The van der Waals surface area contributed by atoms with Crippen molar-refractivity contribution in [2.75, 3.05) is 13.2 Å². The largest absolute Gasteiger partial charge is 0.494 e. The Balaban J connectivity index is 1.46. The maximum absolute atomic E-state index is 13.8. The Bertz CT molecular complexity index is 721. The fourth-order valence-electron chi connectivity index (χ4n) is 3.36. The predicted octanol–water partition coefficient (Wildman–Crippen LogP) is 3.35. The van der Waals surface area contributed by atoms with Crippen molar-refractivity contribution < 1.29 is 23.2 Å². The Morgan fingerprint density at radius 2 is 2.00 bits per heavy atom. The third-order valence-electron chi connectivity index (χ3n) is 4.78. The van der Waals surface area contributed by atoms with Crippen LogP contribution in [0.4, 0.5) is 4.39 Å². The highest BCUT2D eigenvalue weighted by Gasteiger charge is 2.35. The molecule has 4 nitrogen and oxygen atoms in total. The lowest BCUT2D eigenvalue weighted by atomic mass is 9.76. The van der Waals surface area contributed by atoms with E-state index in [-0.39, 0.29) is 24.8 Å². The van der Waals surface area contributed by atoms with E-state index in [1.54, 1.807) is 6.07 Å². The first-order chi connectivity index (χ1) is 12.8. The minimum atomic E-state index is -0.522. The molecule has 0 spiro atoms. The van der Waals surface area contributed by atoms with Crippen molar-refractivity contribution in [1.82, 2.24) is 0 Å². The molecule has 0 radical (unpaired) electrons. The Kier molecular flexibility index (Phi) is 5.65. The summed E-state index contributed by atoms with van der Waals surface area (Å²) >= 11 is 0. The zero-order valence-corrected chi connectivity index (χ0v) is 14.6. The second-order valence-electron chi connectivity index (χ2n) is 6.65. The molecular weight excluding hydrogens is 334 g/mol. The summed E-state index contributed by atoms with van der Waals surface area (Å²) in [4.78, 5) is 0. The van der Waals surface area contributed by atoms with Crippen LogP contribution in [0.15, 0.2) is 48.5 Å². The van der Waals surface area contributed by atoms with Crippen LogP contribution in [0.25, 0.3) is 0 Å². The second kappa shape index (κ2) is 8.31. The Labute approximate surface area is 153 Å². The van der Waals surface area contributed by atoms with Gasteiger partial charge >= 0.3 is 7.12 Å². The van der Waals surface area contributed by atoms with Gasteiger partial charge in [-0.25, -0.2) is 4.39 Å². The molecular formula is C20H22BFO4. The third-order valence-corrected chi connectivity index (χ3v) is 4.78. The van der Waals surface area contributed by atoms with Crippen molar-refractivity contribution >= 4 is 12.6 Å². The van der Waals surface area contributed by atoms with Crippen LogP contribution in [-0.2, 0) is 25.4 Å². The highest BCUT2D eigenvalue weighted by Crippen LogP contribution is 2.25. The van der Waals surface area contributed by atoms with Crippen LogP contribution in [-0.4, -0.2) is 26.6 Å². The summed E-state index contributed by atoms with van der Waals surface area (Å²) in [6.07, 6.45) is 2.69. The molecule has 2 atom stereocenters. The molecule has 4 rings (SSSR count). The summed E-state index contributed by atoms with van der Waals surface area (Å²) in [5, 5.41) is 0. The van der Waals surface area contributed by atoms with E-state index in [9.17, 15) is 4.39 Å². The highest BCUT2D eigenvalue weighted by molar-refractivity contribution is 6.62. The molecule has 2 fully saturated rings. The van der Waals surface area contributed by atoms with Gasteiger partial charge in [0, 0.05) is 6.61 Å². The predicted molar refractivity (Wildman–Crippen MR) is 96.4 cm³/mol. The average Bonchev–Trinajstić information content (AvgIpc) is 3.18. The molecule has 136 valence electrons. The lowest BCUT2D eigenvalue weighted by molar-refractivity contribution is -0.168. The molecule has 2 aromatic rings. The summed E-state index contributed by atoms with van der Waals surface area (Å²) in [6, 6.07) is 14.6. The minimum absolute atomic E-state index is 0.123. The number of hydrogen-bond donors (Lipinski definition) is 0. The van der Waals surface area contributed by atoms with Gasteiger partial charge in [0.25, 0.3) is 0 Å². The first-order valence-corrected chi connectivity index (χ1v) is 9.13. The molecule has 2 heterocycles. The van der Waals surface area contributed by atoms with Gasteiger partial charge in [0.2, 0.25) is 0 Å². The van der Waals surface area contributed by atoms with Gasteiger partial charge in [-0.2, -0.15) is 0 Å². The summed E-state index contributed by atoms with van der Waals surface area (Å²) in [5.41, 5.74) is 2.61. The molecule has 0 aromatic heterocycles. The second-order valence-corrected chi connectivity index (χ2v) is 6.65. The lowest BCUT2D eigenvalue weighted by Gasteiger charge is -2.23. The molecule has 2 aliphatic rings. The van der Waals surface area contributed by atoms with E-state index in [1.165, 1.54) is 12.1 Å². The molecule has 2 unspecified atom stereocenters. The van der Waals surface area contributed by atoms with E-state index >= 15 is 0 Å². The highest BCUT2D eigenvalue weighted by atomic mass is 19.1. The fourth-order valence-corrected chi connectivity index (χ4v) is 3.36. The Hall–Kier alpha value is -1.73. The molecule has 0 saturated carbocycles. The first-order valence-electron chi connectivity index (χ1n) is 9.13. The topological polar surface area (TPSA) is 36.9 Å². The van der Waals surface area contributed by atoms with Crippen LogP contribution in [0.1, 0.15) is 36.5 Å². The quantitative estimate of drug-likeness (QED) is 0.770. The van der Waals surface area contributed by atoms with Gasteiger partial charge in [0.1, 0.15) is 5.82 Å². The number of benzene rings is 2. The van der Waals surface area contributed by atoms with E-state index < -0.39 is 7.12 Å². The Morgan fingerprint density at radius 1 is 1.12 bits per heavy atom. The number of halogens is 1. The summed E-state index contributed by atoms with van der Waals surface area (Å²) in [7, 11) is -0.522. The van der Waals surface area contributed by atoms with Crippen molar-refractivity contribution in [3.8, 4) is 0 Å². The van der Waals surface area contributed by atoms with Crippen molar-refractivity contribution in [3.05, 3.63) is 65.5 Å². The third kappa shape index (κ3) is 4.15. The minimum Gasteiger partial charge on any atom is -0.404 e. The van der Waals surface area contributed by atoms with Crippen molar-refractivity contribution in [1.29, 1.82) is 0 Å². The van der Waals surface area contributed by atoms with Crippen LogP contribution in [0.2, 0.25) is 0 Å². The van der Waals surface area contributed by atoms with Crippen LogP contribution in [0, 0.1) is 5.82 Å². The van der Waals surface area contributed by atoms with Crippen LogP contribution in [0.3, 0.4) is 0 Å². The Morgan fingerprint density at radius 3 is 2.81 bits per heavy atom. The zero-order valence-electron chi connectivity index (χ0n) is 14.6. The molecule has 2 aromatic carbocycles. The molecule has 2 saturated heterocycles. The zero-order chi connectivity index (χ0) is 17.8. The van der Waals surface area contributed by atoms with Crippen LogP contribution in [0.5, 0.6) is 0 Å². The van der Waals surface area contributed by atoms with E-state index in [0.29, 0.717) is 13.2 Å². The van der Waals surface area contributed by atoms with E-state index in [2.05, 4.69) is 0 Å². The van der Waals surface area contributed by atoms with Gasteiger partial charge in [-0.3, -0.25) is 0 Å². The molecule has 0 N–H and O–H groups in total. The summed E-state index contributed by atoms with van der Waals surface area (Å²) in [5.74, 6) is -0.297. The van der Waals surface area contributed by atoms with Crippen molar-refractivity contribution in [3.63, 3.8) is 0 Å². The molecule has 26 heavy (non-hydrogen) atoms. The number of rotatable bonds is 5. The summed E-state index contributed by atoms with van der Waals surface area (Å²) in [6.45, 7) is 1.46. The van der Waals surface area contributed by atoms with Crippen LogP contribution >= 0.6 is 0 Å². The molecule has 0 amide bonds. The molecule has 0 bridgehead atoms. The fraction of sp³-hybridized carbons (Fsp3) is 0.400. The monoisotopic (exact) mass is 356 g/mol. The molecule has 2 aliphatic heterocycles. The van der Waals surface area contributed by atoms with E-state index in [0.717, 1.165) is 35.9 Å². The maximum Gasteiger partial charge on any atom is 0.494 e. The van der Waals surface area contributed by atoms with Crippen molar-refractivity contribution in [2.45, 2.75) is 38.3 Å². The standard InChI is InChI=1S/C20H22BFO4/c22-17-9-10-18(16(12-17)13-24-20-8-4-5-11-23-20)21-25-14-19(26-21)15-6-2-1-3-7-15/h1-3,6-7,9-10,12,19-20H,4-5,8,11,13-14H2. The van der Waals surface area contributed by atoms with E-state index in [4.69, 9.17) is 18.8 Å². The van der Waals surface area contributed by atoms with Gasteiger partial charge < -0.3 is 18.8 Å². The summed E-state index contributed by atoms with van der Waals surface area (Å²) < 4.78 is 37.1. The van der Waals surface area contributed by atoms with Gasteiger partial charge in [0.05, 0.1) is 19.3 Å². The van der Waals surface area contributed by atoms with E-state index in [1.807, 2.05) is 30.3 Å². The molecule has 0 aliphatic carbocycles. The number of hydrogen-bond acceptors (Lipinski definition) is 4. The maximum atomic E-state index is 13.8. The SMILES string of the molecule is Fc1ccc(B2OCC(c3ccccc3)O2)c(COC2CCCCO2)c1. The van der Waals surface area contributed by atoms with Gasteiger partial charge in [0.15, 0.2) is 6.29 Å². The van der Waals surface area contributed by atoms with Crippen molar-refractivity contribution in [2.24, 2.45) is 0 Å². The average molecular weight is 356 g/mol. The molecule has 6 heteroatoms. The van der Waals surface area contributed by atoms with Crippen LogP contribution < -0.4 is 5.46 Å².